The lowest BCUT2D eigenvalue weighted by atomic mass is 10.1. The number of benzene rings is 1. The number of hydrogen-bond donors (Lipinski definition) is 1. The van der Waals surface area contributed by atoms with Gasteiger partial charge in [-0.1, -0.05) is 11.2 Å². The molecular formula is C22H17N7OS. The summed E-state index contributed by atoms with van der Waals surface area (Å²) in [6, 6.07) is 9.88. The fourth-order valence-electron chi connectivity index (χ4n) is 4.20. The van der Waals surface area contributed by atoms with Crippen LogP contribution in [0.4, 0.5) is 11.5 Å². The molecule has 6 rings (SSSR count). The van der Waals surface area contributed by atoms with Crippen molar-refractivity contribution >= 4 is 28.5 Å². The SMILES string of the molecule is O=NC1CCc2cc(Nc3c(-c4cccn4-c4nccs4)nc4cnccn34)ccc21. The molecule has 0 saturated carbocycles. The molecule has 1 aliphatic rings. The Morgan fingerprint density at radius 3 is 3.03 bits per heavy atom. The quantitative estimate of drug-likeness (QED) is 0.392. The van der Waals surface area contributed by atoms with Crippen molar-refractivity contribution in [1.82, 2.24) is 23.9 Å². The van der Waals surface area contributed by atoms with Crippen LogP contribution in [-0.4, -0.2) is 23.9 Å². The second-order valence-electron chi connectivity index (χ2n) is 7.39. The van der Waals surface area contributed by atoms with E-state index in [1.165, 1.54) is 0 Å². The molecule has 31 heavy (non-hydrogen) atoms. The highest BCUT2D eigenvalue weighted by atomic mass is 32.1. The zero-order chi connectivity index (χ0) is 20.8. The molecule has 0 bridgehead atoms. The summed E-state index contributed by atoms with van der Waals surface area (Å²) in [7, 11) is 0. The van der Waals surface area contributed by atoms with Gasteiger partial charge in [-0.3, -0.25) is 14.0 Å². The highest BCUT2D eigenvalue weighted by Crippen LogP contribution is 2.37. The van der Waals surface area contributed by atoms with Crippen molar-refractivity contribution in [2.45, 2.75) is 18.9 Å². The predicted octanol–water partition coefficient (Wildman–Crippen LogP) is 5.14. The van der Waals surface area contributed by atoms with Gasteiger partial charge in [-0.25, -0.2) is 9.97 Å². The van der Waals surface area contributed by atoms with Gasteiger partial charge >= 0.3 is 0 Å². The van der Waals surface area contributed by atoms with Crippen LogP contribution in [0.1, 0.15) is 23.6 Å². The topological polar surface area (TPSA) is 89.5 Å². The predicted molar refractivity (Wildman–Crippen MR) is 120 cm³/mol. The number of fused-ring (bicyclic) bond motifs is 2. The maximum Gasteiger partial charge on any atom is 0.194 e. The standard InChI is InChI=1S/C22H17N7OS/c30-27-17-6-3-14-12-15(4-5-16(14)17)25-21-20(26-19-13-23-7-10-29(19)21)18-2-1-9-28(18)22-24-8-11-31-22/h1-2,4-5,7-13,17,25H,3,6H2. The average molecular weight is 427 g/mol. The Hall–Kier alpha value is -3.85. The van der Waals surface area contributed by atoms with Gasteiger partial charge in [0.25, 0.3) is 0 Å². The number of nitroso groups, excluding NO2 is 1. The molecule has 0 spiro atoms. The molecule has 4 heterocycles. The molecule has 0 radical (unpaired) electrons. The van der Waals surface area contributed by atoms with Crippen LogP contribution in [0.2, 0.25) is 0 Å². The van der Waals surface area contributed by atoms with E-state index in [-0.39, 0.29) is 6.04 Å². The summed E-state index contributed by atoms with van der Waals surface area (Å²) in [6.45, 7) is 0. The zero-order valence-corrected chi connectivity index (χ0v) is 17.2. The highest BCUT2D eigenvalue weighted by molar-refractivity contribution is 7.12. The molecule has 1 aromatic carbocycles. The van der Waals surface area contributed by atoms with Crippen LogP contribution in [0.15, 0.2) is 71.9 Å². The molecule has 1 atom stereocenters. The van der Waals surface area contributed by atoms with E-state index in [1.807, 2.05) is 51.0 Å². The van der Waals surface area contributed by atoms with E-state index >= 15 is 0 Å². The molecule has 0 fully saturated rings. The van der Waals surface area contributed by atoms with Crippen LogP contribution in [0.5, 0.6) is 0 Å². The number of thiazole rings is 1. The molecular weight excluding hydrogens is 410 g/mol. The van der Waals surface area contributed by atoms with Gasteiger partial charge in [-0.15, -0.1) is 11.3 Å². The number of anilines is 2. The Balaban J connectivity index is 1.47. The largest absolute Gasteiger partial charge is 0.339 e. The normalized spacial score (nSPS) is 15.3. The fraction of sp³-hybridized carbons (Fsp3) is 0.136. The van der Waals surface area contributed by atoms with Gasteiger partial charge in [-0.2, -0.15) is 4.91 Å². The van der Waals surface area contributed by atoms with E-state index in [0.717, 1.165) is 57.6 Å². The first-order valence-corrected chi connectivity index (χ1v) is 10.8. The minimum absolute atomic E-state index is 0.233. The third kappa shape index (κ3) is 2.93. The van der Waals surface area contributed by atoms with Gasteiger partial charge in [0.05, 0.1) is 11.9 Å². The first-order chi connectivity index (χ1) is 15.3. The second kappa shape index (κ2) is 7.13. The van der Waals surface area contributed by atoms with Crippen molar-refractivity contribution in [3.8, 4) is 16.5 Å². The molecule has 0 aliphatic heterocycles. The third-order valence-corrected chi connectivity index (χ3v) is 6.40. The number of rotatable bonds is 5. The molecule has 4 aromatic heterocycles. The molecule has 0 saturated heterocycles. The summed E-state index contributed by atoms with van der Waals surface area (Å²) >= 11 is 1.57. The number of nitrogens with zero attached hydrogens (tertiary/aromatic N) is 6. The van der Waals surface area contributed by atoms with Crippen LogP contribution in [0, 0.1) is 4.91 Å². The van der Waals surface area contributed by atoms with Gasteiger partial charge in [0.2, 0.25) is 0 Å². The van der Waals surface area contributed by atoms with Crippen molar-refractivity contribution < 1.29 is 0 Å². The Bertz CT molecular complexity index is 1400. The minimum Gasteiger partial charge on any atom is -0.339 e. The van der Waals surface area contributed by atoms with Crippen LogP contribution in [0.25, 0.3) is 22.2 Å². The lowest BCUT2D eigenvalue weighted by Gasteiger charge is -2.12. The van der Waals surface area contributed by atoms with E-state index in [0.29, 0.717) is 0 Å². The lowest BCUT2D eigenvalue weighted by Crippen LogP contribution is -2.00. The van der Waals surface area contributed by atoms with Gasteiger partial charge in [0, 0.05) is 35.9 Å². The summed E-state index contributed by atoms with van der Waals surface area (Å²) < 4.78 is 4.03. The molecule has 1 aliphatic carbocycles. The maximum atomic E-state index is 11.1. The van der Waals surface area contributed by atoms with Crippen molar-refractivity contribution in [3.05, 3.63) is 82.7 Å². The van der Waals surface area contributed by atoms with Crippen molar-refractivity contribution in [2.75, 3.05) is 5.32 Å². The summed E-state index contributed by atoms with van der Waals surface area (Å²) in [5.41, 5.74) is 5.63. The molecule has 1 N–H and O–H groups in total. The van der Waals surface area contributed by atoms with E-state index < -0.39 is 0 Å². The number of aryl methyl sites for hydroxylation is 1. The summed E-state index contributed by atoms with van der Waals surface area (Å²) in [4.78, 5) is 24.6. The summed E-state index contributed by atoms with van der Waals surface area (Å²) in [6.07, 6.45) is 10.8. The van der Waals surface area contributed by atoms with Crippen molar-refractivity contribution in [1.29, 1.82) is 0 Å². The number of nitrogens with one attached hydrogen (secondary N) is 1. The molecule has 5 aromatic rings. The first kappa shape index (κ1) is 18.0. The molecule has 8 nitrogen and oxygen atoms in total. The summed E-state index contributed by atoms with van der Waals surface area (Å²) in [5, 5.41) is 9.65. The molecule has 0 amide bonds. The second-order valence-corrected chi connectivity index (χ2v) is 8.26. The van der Waals surface area contributed by atoms with E-state index in [2.05, 4.69) is 26.5 Å². The molecule has 9 heteroatoms. The Kier molecular flexibility index (Phi) is 4.13. The van der Waals surface area contributed by atoms with Crippen molar-refractivity contribution in [2.24, 2.45) is 5.18 Å². The fourth-order valence-corrected chi connectivity index (χ4v) is 4.84. The summed E-state index contributed by atoms with van der Waals surface area (Å²) in [5.74, 6) is 0.844. The molecule has 1 unspecified atom stereocenters. The molecule has 152 valence electrons. The maximum absolute atomic E-state index is 11.1. The van der Waals surface area contributed by atoms with E-state index in [4.69, 9.17) is 4.98 Å². The van der Waals surface area contributed by atoms with Crippen LogP contribution >= 0.6 is 11.3 Å². The zero-order valence-electron chi connectivity index (χ0n) is 16.3. The van der Waals surface area contributed by atoms with Gasteiger partial charge in [0.1, 0.15) is 17.6 Å². The van der Waals surface area contributed by atoms with E-state index in [1.54, 1.807) is 29.9 Å². The highest BCUT2D eigenvalue weighted by Gasteiger charge is 2.24. The minimum atomic E-state index is -0.233. The van der Waals surface area contributed by atoms with Gasteiger partial charge in [0.15, 0.2) is 10.8 Å². The van der Waals surface area contributed by atoms with Crippen LogP contribution in [0.3, 0.4) is 0 Å². The van der Waals surface area contributed by atoms with Crippen LogP contribution < -0.4 is 5.32 Å². The monoisotopic (exact) mass is 427 g/mol. The Labute approximate surface area is 181 Å². The number of hydrogen-bond acceptors (Lipinski definition) is 7. The number of aromatic nitrogens is 5. The number of imidazole rings is 1. The van der Waals surface area contributed by atoms with E-state index in [9.17, 15) is 4.91 Å². The smallest absolute Gasteiger partial charge is 0.194 e. The lowest BCUT2D eigenvalue weighted by molar-refractivity contribution is 0.710. The first-order valence-electron chi connectivity index (χ1n) is 9.94. The Morgan fingerprint density at radius 1 is 1.19 bits per heavy atom. The third-order valence-electron chi connectivity index (χ3n) is 5.63. The Morgan fingerprint density at radius 2 is 2.16 bits per heavy atom. The van der Waals surface area contributed by atoms with Gasteiger partial charge < -0.3 is 5.32 Å². The van der Waals surface area contributed by atoms with Gasteiger partial charge in [-0.05, 0) is 48.2 Å². The average Bonchev–Trinajstić information content (AvgIpc) is 3.58. The van der Waals surface area contributed by atoms with Crippen molar-refractivity contribution in [3.63, 3.8) is 0 Å². The van der Waals surface area contributed by atoms with Crippen LogP contribution in [-0.2, 0) is 6.42 Å².